The molecule has 2 aliphatic rings. The number of amides is 2. The number of aromatic nitrogens is 1. The fourth-order valence-corrected chi connectivity index (χ4v) is 6.57. The maximum absolute atomic E-state index is 13.7. The highest BCUT2D eigenvalue weighted by Crippen LogP contribution is 2.49. The Bertz CT molecular complexity index is 1360. The van der Waals surface area contributed by atoms with Crippen molar-refractivity contribution in [3.8, 4) is 5.75 Å². The van der Waals surface area contributed by atoms with Crippen LogP contribution in [-0.2, 0) is 11.0 Å². The zero-order valence-corrected chi connectivity index (χ0v) is 20.2. The Morgan fingerprint density at radius 3 is 2.61 bits per heavy atom. The van der Waals surface area contributed by atoms with E-state index in [2.05, 4.69) is 15.6 Å². The van der Waals surface area contributed by atoms with Gasteiger partial charge in [0.2, 0.25) is 5.91 Å². The Hall–Kier alpha value is -3.21. The maximum Gasteiger partial charge on any atom is 0.419 e. The Kier molecular flexibility index (Phi) is 6.14. The minimum Gasteiger partial charge on any atom is -0.496 e. The number of halogens is 4. The topological polar surface area (TPSA) is 80.3 Å². The number of nitrogens with one attached hydrogen (secondary N) is 2. The molecule has 6 nitrogen and oxygen atoms in total. The van der Waals surface area contributed by atoms with Gasteiger partial charge in [-0.25, -0.2) is 9.37 Å². The lowest BCUT2D eigenvalue weighted by atomic mass is 9.83. The van der Waals surface area contributed by atoms with Crippen LogP contribution in [0.3, 0.4) is 0 Å². The van der Waals surface area contributed by atoms with Gasteiger partial charge in [0.25, 0.3) is 5.91 Å². The number of hydrogen-bond acceptors (Lipinski definition) is 5. The minimum atomic E-state index is -4.89. The number of carbonyl (C=O) groups is 2. The van der Waals surface area contributed by atoms with Gasteiger partial charge in [0.05, 0.1) is 33.8 Å². The van der Waals surface area contributed by atoms with Crippen LogP contribution in [0.1, 0.15) is 40.2 Å². The Morgan fingerprint density at radius 1 is 1.14 bits per heavy atom. The molecule has 2 saturated carbocycles. The molecule has 0 spiro atoms. The fraction of sp³-hybridized carbons (Fsp3) is 0.400. The number of thiazole rings is 1. The smallest absolute Gasteiger partial charge is 0.419 e. The van der Waals surface area contributed by atoms with E-state index in [1.54, 1.807) is 12.1 Å². The van der Waals surface area contributed by atoms with Gasteiger partial charge in [-0.15, -0.1) is 11.3 Å². The highest BCUT2D eigenvalue weighted by molar-refractivity contribution is 7.19. The third-order valence-corrected chi connectivity index (χ3v) is 8.13. The van der Waals surface area contributed by atoms with Gasteiger partial charge in [0, 0.05) is 11.7 Å². The molecule has 2 aromatic carbocycles. The molecular weight excluding hydrogens is 498 g/mol. The second kappa shape index (κ2) is 9.02. The molecule has 0 aliphatic heterocycles. The van der Waals surface area contributed by atoms with Crippen LogP contribution in [-0.4, -0.2) is 29.9 Å². The molecule has 2 unspecified atom stereocenters. The van der Waals surface area contributed by atoms with E-state index in [1.165, 1.54) is 18.4 Å². The first-order valence-corrected chi connectivity index (χ1v) is 12.3. The molecule has 2 N–H and O–H groups in total. The third kappa shape index (κ3) is 4.29. The average molecular weight is 522 g/mol. The molecule has 4 atom stereocenters. The highest BCUT2D eigenvalue weighted by Gasteiger charge is 2.51. The van der Waals surface area contributed by atoms with E-state index < -0.39 is 41.3 Å². The number of hydrogen-bond donors (Lipinski definition) is 2. The van der Waals surface area contributed by atoms with E-state index in [4.69, 9.17) is 4.74 Å². The summed E-state index contributed by atoms with van der Waals surface area (Å²) in [4.78, 5) is 31.2. The lowest BCUT2D eigenvalue weighted by molar-refractivity contribution is -0.140. The summed E-state index contributed by atoms with van der Waals surface area (Å²) in [5.74, 6) is -2.47. The van der Waals surface area contributed by atoms with Crippen LogP contribution in [0.15, 0.2) is 30.3 Å². The zero-order valence-electron chi connectivity index (χ0n) is 19.4. The first-order chi connectivity index (χ1) is 17.1. The Labute approximate surface area is 208 Å². The van der Waals surface area contributed by atoms with E-state index in [1.807, 2.05) is 6.92 Å². The number of anilines is 1. The van der Waals surface area contributed by atoms with Gasteiger partial charge in [-0.1, -0.05) is 0 Å². The quantitative estimate of drug-likeness (QED) is 0.431. The van der Waals surface area contributed by atoms with E-state index >= 15 is 0 Å². The molecular formula is C25H23F4N3O3S. The summed E-state index contributed by atoms with van der Waals surface area (Å²) in [6.07, 6.45) is -2.52. The summed E-state index contributed by atoms with van der Waals surface area (Å²) in [7, 11) is 1.47. The number of fused-ring (bicyclic) bond motifs is 3. The van der Waals surface area contributed by atoms with Crippen LogP contribution in [0.2, 0.25) is 0 Å². The van der Waals surface area contributed by atoms with Crippen LogP contribution in [0.25, 0.3) is 10.2 Å². The molecule has 5 rings (SSSR count). The maximum atomic E-state index is 13.7. The predicted molar refractivity (Wildman–Crippen MR) is 127 cm³/mol. The van der Waals surface area contributed by atoms with Crippen LogP contribution in [0.4, 0.5) is 23.2 Å². The number of methoxy groups -OCH3 is 1. The van der Waals surface area contributed by atoms with Crippen molar-refractivity contribution in [2.24, 2.45) is 17.8 Å². The first-order valence-electron chi connectivity index (χ1n) is 11.5. The SMILES string of the molecule is COc1ccc2nc(C)sc2c1C(=O)NC1C2CC[C@H](C2)[C@@H]1C(=O)Nc1ccc(F)c(C(F)(F)F)c1. The van der Waals surface area contributed by atoms with Gasteiger partial charge in [0.15, 0.2) is 0 Å². The molecule has 190 valence electrons. The normalized spacial score (nSPS) is 23.2. The number of alkyl halides is 3. The second-order valence-corrected chi connectivity index (χ2v) is 10.5. The van der Waals surface area contributed by atoms with Gasteiger partial charge in [0.1, 0.15) is 17.1 Å². The van der Waals surface area contributed by atoms with Crippen molar-refractivity contribution in [3.05, 3.63) is 52.3 Å². The molecule has 36 heavy (non-hydrogen) atoms. The van der Waals surface area contributed by atoms with Crippen molar-refractivity contribution in [2.45, 2.75) is 38.4 Å². The van der Waals surface area contributed by atoms with Gasteiger partial charge >= 0.3 is 6.18 Å². The summed E-state index contributed by atoms with van der Waals surface area (Å²) < 4.78 is 59.1. The van der Waals surface area contributed by atoms with Gasteiger partial charge in [-0.3, -0.25) is 9.59 Å². The summed E-state index contributed by atoms with van der Waals surface area (Å²) in [6.45, 7) is 1.84. The predicted octanol–water partition coefficient (Wildman–Crippen LogP) is 5.55. The number of aryl methyl sites for hydroxylation is 1. The van der Waals surface area contributed by atoms with Crippen molar-refractivity contribution in [2.75, 3.05) is 12.4 Å². The monoisotopic (exact) mass is 521 g/mol. The number of rotatable bonds is 5. The number of nitrogens with zero attached hydrogens (tertiary/aromatic N) is 1. The average Bonchev–Trinajstić information content (AvgIpc) is 3.52. The van der Waals surface area contributed by atoms with Gasteiger partial charge < -0.3 is 15.4 Å². The molecule has 2 amide bonds. The molecule has 2 fully saturated rings. The molecule has 3 aromatic rings. The van der Waals surface area contributed by atoms with Crippen molar-refractivity contribution in [1.82, 2.24) is 10.3 Å². The van der Waals surface area contributed by atoms with Crippen LogP contribution in [0, 0.1) is 30.5 Å². The Morgan fingerprint density at radius 2 is 1.89 bits per heavy atom. The lowest BCUT2D eigenvalue weighted by Crippen LogP contribution is -2.48. The van der Waals surface area contributed by atoms with Crippen molar-refractivity contribution in [3.63, 3.8) is 0 Å². The standard InChI is InChI=1S/C25H23F4N3O3S/c1-11-30-17-7-8-18(35-2)20(22(17)36-11)24(34)32-21-13-4-3-12(9-13)19(21)23(33)31-14-5-6-16(26)15(10-14)25(27,28)29/h5-8,10,12-13,19,21H,3-4,9H2,1-2H3,(H,31,33)(H,32,34)/t12-,13?,19+,21?/m1/s1. The molecule has 2 bridgehead atoms. The van der Waals surface area contributed by atoms with Crippen LogP contribution in [0.5, 0.6) is 5.75 Å². The summed E-state index contributed by atoms with van der Waals surface area (Å²) in [6, 6.07) is 5.33. The molecule has 0 radical (unpaired) electrons. The molecule has 2 aliphatic carbocycles. The minimum absolute atomic E-state index is 0.00817. The highest BCUT2D eigenvalue weighted by atomic mass is 32.1. The number of ether oxygens (including phenoxy) is 1. The second-order valence-electron chi connectivity index (χ2n) is 9.26. The van der Waals surface area contributed by atoms with Crippen molar-refractivity contribution < 1.29 is 31.9 Å². The zero-order chi connectivity index (χ0) is 25.8. The van der Waals surface area contributed by atoms with E-state index in [9.17, 15) is 27.2 Å². The Balaban J connectivity index is 1.41. The number of benzene rings is 2. The third-order valence-electron chi connectivity index (χ3n) is 7.13. The molecule has 0 saturated heterocycles. The van der Waals surface area contributed by atoms with E-state index in [0.29, 0.717) is 33.7 Å². The van der Waals surface area contributed by atoms with E-state index in [0.717, 1.165) is 30.3 Å². The summed E-state index contributed by atoms with van der Waals surface area (Å²) >= 11 is 1.37. The molecule has 1 heterocycles. The van der Waals surface area contributed by atoms with Crippen molar-refractivity contribution >= 4 is 39.1 Å². The largest absolute Gasteiger partial charge is 0.496 e. The first kappa shape index (κ1) is 24.5. The summed E-state index contributed by atoms with van der Waals surface area (Å²) in [5.41, 5.74) is -0.579. The van der Waals surface area contributed by atoms with Crippen LogP contribution >= 0.6 is 11.3 Å². The van der Waals surface area contributed by atoms with Crippen LogP contribution < -0.4 is 15.4 Å². The molecule has 1 aromatic heterocycles. The summed E-state index contributed by atoms with van der Waals surface area (Å²) in [5, 5.41) is 6.33. The van der Waals surface area contributed by atoms with Crippen molar-refractivity contribution in [1.29, 1.82) is 0 Å². The van der Waals surface area contributed by atoms with Gasteiger partial charge in [-0.05, 0) is 68.4 Å². The number of carbonyl (C=O) groups excluding carboxylic acids is 2. The fourth-order valence-electron chi connectivity index (χ4n) is 5.62. The lowest BCUT2D eigenvalue weighted by Gasteiger charge is -2.31. The van der Waals surface area contributed by atoms with E-state index in [-0.39, 0.29) is 17.5 Å². The molecule has 11 heteroatoms. The van der Waals surface area contributed by atoms with Gasteiger partial charge in [-0.2, -0.15) is 13.2 Å².